The van der Waals surface area contributed by atoms with Crippen LogP contribution in [0.5, 0.6) is 0 Å². The molecular weight excluding hydrogens is 243 g/mol. The SMILES string of the molecule is O=P(O)(O)O.[Ag].[Ca]. The van der Waals surface area contributed by atoms with Crippen LogP contribution in [0.4, 0.5) is 0 Å². The molecule has 0 aliphatic carbocycles. The molecule has 0 bridgehead atoms. The summed E-state index contributed by atoms with van der Waals surface area (Å²) in [6, 6.07) is 0. The second-order valence-corrected chi connectivity index (χ2v) is 1.54. The normalized spacial score (nSPS) is 8.43. The molecule has 0 spiro atoms. The molecule has 0 aromatic rings. The smallest absolute Gasteiger partial charge is 0.303 e. The van der Waals surface area contributed by atoms with Gasteiger partial charge in [0.1, 0.15) is 0 Å². The van der Waals surface area contributed by atoms with E-state index < -0.39 is 7.82 Å². The van der Waals surface area contributed by atoms with Crippen molar-refractivity contribution in [2.24, 2.45) is 0 Å². The third kappa shape index (κ3) is 68.0. The minimum atomic E-state index is -4.64. The van der Waals surface area contributed by atoms with Gasteiger partial charge >= 0.3 is 7.82 Å². The Balaban J connectivity index is -0.0000000800. The Bertz CT molecular complexity index is 57.8. The molecule has 7 heavy (non-hydrogen) atoms. The largest absolute Gasteiger partial charge is 0.466 e. The van der Waals surface area contributed by atoms with Crippen molar-refractivity contribution in [3.63, 3.8) is 0 Å². The molecule has 0 amide bonds. The van der Waals surface area contributed by atoms with Gasteiger partial charge in [-0.15, -0.1) is 0 Å². The molecule has 3 radical (unpaired) electrons. The monoisotopic (exact) mass is 245 g/mol. The van der Waals surface area contributed by atoms with Gasteiger partial charge in [0, 0.05) is 60.1 Å². The van der Waals surface area contributed by atoms with Crippen LogP contribution in [0.2, 0.25) is 0 Å². The van der Waals surface area contributed by atoms with Crippen molar-refractivity contribution in [2.75, 3.05) is 0 Å². The molecule has 0 rings (SSSR count). The van der Waals surface area contributed by atoms with Crippen molar-refractivity contribution in [3.8, 4) is 0 Å². The molecule has 0 aliphatic heterocycles. The molecular formula is H3AgCaO4P. The first kappa shape index (κ1) is 16.1. The third-order valence-corrected chi connectivity index (χ3v) is 0. The van der Waals surface area contributed by atoms with E-state index in [9.17, 15) is 0 Å². The minimum Gasteiger partial charge on any atom is -0.303 e. The first-order valence-electron chi connectivity index (χ1n) is 0.783. The van der Waals surface area contributed by atoms with E-state index in [-0.39, 0.29) is 60.1 Å². The zero-order valence-corrected chi connectivity index (χ0v) is 7.79. The summed E-state index contributed by atoms with van der Waals surface area (Å²) in [5.41, 5.74) is 0. The van der Waals surface area contributed by atoms with Gasteiger partial charge < -0.3 is 14.7 Å². The molecule has 0 heterocycles. The van der Waals surface area contributed by atoms with Gasteiger partial charge in [0.05, 0.1) is 0 Å². The van der Waals surface area contributed by atoms with E-state index in [1.54, 1.807) is 0 Å². The first-order valence-corrected chi connectivity index (χ1v) is 2.35. The molecule has 0 saturated heterocycles. The standard InChI is InChI=1S/Ag.Ca.H3O4P/c;;1-5(2,3)4/h;;(H3,1,2,3,4). The van der Waals surface area contributed by atoms with E-state index in [1.165, 1.54) is 0 Å². The Labute approximate surface area is 86.1 Å². The van der Waals surface area contributed by atoms with Crippen molar-refractivity contribution >= 4 is 45.6 Å². The second kappa shape index (κ2) is 6.23. The van der Waals surface area contributed by atoms with E-state index in [0.717, 1.165) is 0 Å². The Hall–Kier alpha value is 2.11. The fraction of sp³-hybridized carbons (Fsp3) is 0. The van der Waals surface area contributed by atoms with Crippen molar-refractivity contribution in [3.05, 3.63) is 0 Å². The molecule has 0 fully saturated rings. The maximum absolute atomic E-state index is 8.88. The van der Waals surface area contributed by atoms with Gasteiger partial charge in [0.2, 0.25) is 0 Å². The predicted molar refractivity (Wildman–Crippen MR) is 20.0 cm³/mol. The van der Waals surface area contributed by atoms with Crippen molar-refractivity contribution < 1.29 is 41.6 Å². The zero-order valence-electron chi connectivity index (χ0n) is 3.21. The summed E-state index contributed by atoms with van der Waals surface area (Å²) < 4.78 is 8.88. The fourth-order valence-electron chi connectivity index (χ4n) is 0. The van der Waals surface area contributed by atoms with Crippen LogP contribution >= 0.6 is 7.82 Å². The molecule has 0 aromatic heterocycles. The minimum absolute atomic E-state index is 0. The Morgan fingerprint density at radius 3 is 1.14 bits per heavy atom. The van der Waals surface area contributed by atoms with E-state index in [2.05, 4.69) is 0 Å². The molecule has 0 aliphatic rings. The molecule has 0 atom stereocenters. The third-order valence-electron chi connectivity index (χ3n) is 0. The van der Waals surface area contributed by atoms with E-state index in [1.807, 2.05) is 0 Å². The number of phosphoric acid groups is 1. The van der Waals surface area contributed by atoms with Gasteiger partial charge in [0.25, 0.3) is 0 Å². The molecule has 7 heteroatoms. The Kier molecular flexibility index (Phi) is 14.3. The van der Waals surface area contributed by atoms with Crippen LogP contribution in [0.3, 0.4) is 0 Å². The fourth-order valence-corrected chi connectivity index (χ4v) is 0. The van der Waals surface area contributed by atoms with Crippen molar-refractivity contribution in [1.29, 1.82) is 0 Å². The van der Waals surface area contributed by atoms with Gasteiger partial charge in [0.15, 0.2) is 0 Å². The van der Waals surface area contributed by atoms with Gasteiger partial charge in [-0.05, 0) is 0 Å². The summed E-state index contributed by atoms with van der Waals surface area (Å²) in [5, 5.41) is 0. The summed E-state index contributed by atoms with van der Waals surface area (Å²) in [5.74, 6) is 0. The van der Waals surface area contributed by atoms with Crippen molar-refractivity contribution in [1.82, 2.24) is 0 Å². The quantitative estimate of drug-likeness (QED) is 0.366. The van der Waals surface area contributed by atoms with Crippen LogP contribution in [-0.4, -0.2) is 52.4 Å². The maximum atomic E-state index is 8.88. The van der Waals surface area contributed by atoms with Gasteiger partial charge in [-0.1, -0.05) is 0 Å². The summed E-state index contributed by atoms with van der Waals surface area (Å²) in [4.78, 5) is 21.6. The maximum Gasteiger partial charge on any atom is 0.466 e. The molecule has 0 unspecified atom stereocenters. The van der Waals surface area contributed by atoms with Gasteiger partial charge in [-0.2, -0.15) is 0 Å². The topological polar surface area (TPSA) is 77.8 Å². The zero-order chi connectivity index (χ0) is 4.50. The summed E-state index contributed by atoms with van der Waals surface area (Å²) in [7, 11) is -4.64. The molecule has 3 N–H and O–H groups in total. The average molecular weight is 246 g/mol. The first-order chi connectivity index (χ1) is 2.00. The Morgan fingerprint density at radius 2 is 1.14 bits per heavy atom. The summed E-state index contributed by atoms with van der Waals surface area (Å²) in [6.07, 6.45) is 0. The van der Waals surface area contributed by atoms with E-state index in [4.69, 9.17) is 19.2 Å². The molecule has 45 valence electrons. The second-order valence-electron chi connectivity index (χ2n) is 0.513. The van der Waals surface area contributed by atoms with Crippen LogP contribution in [-0.2, 0) is 26.9 Å². The number of rotatable bonds is 0. The summed E-state index contributed by atoms with van der Waals surface area (Å²) >= 11 is 0. The molecule has 4 nitrogen and oxygen atoms in total. The molecule has 0 saturated carbocycles. The van der Waals surface area contributed by atoms with Gasteiger partial charge in [-0.3, -0.25) is 0 Å². The van der Waals surface area contributed by atoms with E-state index >= 15 is 0 Å². The van der Waals surface area contributed by atoms with E-state index in [0.29, 0.717) is 0 Å². The van der Waals surface area contributed by atoms with Crippen LogP contribution in [0.1, 0.15) is 0 Å². The van der Waals surface area contributed by atoms with Crippen LogP contribution in [0.25, 0.3) is 0 Å². The predicted octanol–water partition coefficient (Wildman–Crippen LogP) is -1.31. The molecule has 0 aromatic carbocycles. The van der Waals surface area contributed by atoms with Crippen LogP contribution in [0, 0.1) is 0 Å². The van der Waals surface area contributed by atoms with Crippen LogP contribution in [0.15, 0.2) is 0 Å². The van der Waals surface area contributed by atoms with Crippen LogP contribution < -0.4 is 0 Å². The Morgan fingerprint density at radius 1 is 1.14 bits per heavy atom. The van der Waals surface area contributed by atoms with Gasteiger partial charge in [-0.25, -0.2) is 4.57 Å². The number of hydrogen-bond acceptors (Lipinski definition) is 1. The average Bonchev–Trinajstić information content (AvgIpc) is 0.722. The number of hydrogen-bond donors (Lipinski definition) is 3. The summed E-state index contributed by atoms with van der Waals surface area (Å²) in [6.45, 7) is 0. The van der Waals surface area contributed by atoms with Crippen molar-refractivity contribution in [2.45, 2.75) is 0 Å².